The molecule has 24 heavy (non-hydrogen) atoms. The third-order valence-corrected chi connectivity index (χ3v) is 8.81. The molecular weight excluding hydrogens is 394 g/mol. The number of benzene rings is 3. The maximum Gasteiger partial charge on any atom is 0.112 e. The number of hydrogen-bond donors (Lipinski definition) is 0. The molecule has 0 aliphatic rings. The van der Waals surface area contributed by atoms with Crippen molar-refractivity contribution in [3.63, 3.8) is 0 Å². The van der Waals surface area contributed by atoms with Gasteiger partial charge in [0, 0.05) is 0 Å². The molecule has 0 aliphatic carbocycles. The molecule has 0 radical (unpaired) electrons. The summed E-state index contributed by atoms with van der Waals surface area (Å²) < 4.78 is 0. The second-order valence-electron chi connectivity index (χ2n) is 5.54. The van der Waals surface area contributed by atoms with E-state index < -0.39 is 7.26 Å². The smallest absolute Gasteiger partial charge is 0.112 e. The molecule has 0 aromatic heterocycles. The Balaban J connectivity index is 0.00000144. The Bertz CT molecular complexity index is 603. The molecule has 3 aromatic rings. The normalized spacial score (nSPS) is 10.4. The van der Waals surface area contributed by atoms with Crippen molar-refractivity contribution in [2.45, 2.75) is 13.3 Å². The maximum absolute atomic E-state index is 2.31. The van der Waals surface area contributed by atoms with Gasteiger partial charge >= 0.3 is 0 Å². The molecule has 1 unspecified atom stereocenters. The Morgan fingerprint density at radius 1 is 0.583 bits per heavy atom. The van der Waals surface area contributed by atoms with Crippen LogP contribution in [0.5, 0.6) is 0 Å². The van der Waals surface area contributed by atoms with Crippen LogP contribution in [-0.4, -0.2) is 6.16 Å². The average molecular weight is 420 g/mol. The van der Waals surface area contributed by atoms with E-state index in [1.165, 1.54) is 28.5 Å². The first-order valence-electron chi connectivity index (χ1n) is 7.93. The van der Waals surface area contributed by atoms with E-state index in [1.54, 1.807) is 0 Å². The third-order valence-electron chi connectivity index (χ3n) is 4.15. The van der Waals surface area contributed by atoms with E-state index in [1.807, 2.05) is 0 Å². The van der Waals surface area contributed by atoms with Crippen LogP contribution in [-0.2, 0) is 0 Å². The molecule has 126 valence electrons. The molecule has 0 saturated heterocycles. The molecular formula is C21H26BrP2+. The molecule has 0 aliphatic heterocycles. The fourth-order valence-corrected chi connectivity index (χ4v) is 7.60. The fraction of sp³-hybridized carbons (Fsp3) is 0.143. The van der Waals surface area contributed by atoms with Gasteiger partial charge in [-0.2, -0.15) is 9.90 Å². The van der Waals surface area contributed by atoms with Crippen LogP contribution in [0.3, 0.4) is 0 Å². The lowest BCUT2D eigenvalue weighted by Crippen LogP contribution is -2.33. The van der Waals surface area contributed by atoms with Crippen LogP contribution in [0.15, 0.2) is 91.0 Å². The van der Waals surface area contributed by atoms with Crippen LogP contribution in [0, 0.1) is 0 Å². The molecule has 0 bridgehead atoms. The Hall–Kier alpha value is -1.000. The highest BCUT2D eigenvalue weighted by atomic mass is 79.9. The number of hydrogen-bond acceptors (Lipinski definition) is 0. The van der Waals surface area contributed by atoms with Crippen LogP contribution in [0.1, 0.15) is 13.3 Å². The molecule has 0 amide bonds. The summed E-state index contributed by atoms with van der Waals surface area (Å²) in [4.78, 5) is 0. The van der Waals surface area contributed by atoms with E-state index in [2.05, 4.69) is 97.9 Å². The Kier molecular flexibility index (Phi) is 8.85. The maximum atomic E-state index is 2.31. The lowest BCUT2D eigenvalue weighted by atomic mass is 10.4. The van der Waals surface area contributed by atoms with Crippen molar-refractivity contribution in [2.75, 3.05) is 6.16 Å². The molecule has 3 rings (SSSR count). The van der Waals surface area contributed by atoms with Gasteiger partial charge in [-0.3, -0.25) is 0 Å². The average Bonchev–Trinajstić information content (AvgIpc) is 2.62. The predicted molar refractivity (Wildman–Crippen MR) is 122 cm³/mol. The third kappa shape index (κ3) is 4.15. The Labute approximate surface area is 160 Å². The van der Waals surface area contributed by atoms with Gasteiger partial charge in [0.25, 0.3) is 0 Å². The van der Waals surface area contributed by atoms with Crippen molar-refractivity contribution in [3.05, 3.63) is 91.0 Å². The van der Waals surface area contributed by atoms with E-state index in [-0.39, 0.29) is 26.9 Å². The van der Waals surface area contributed by atoms with Crippen molar-refractivity contribution in [3.8, 4) is 0 Å². The van der Waals surface area contributed by atoms with E-state index in [9.17, 15) is 0 Å². The van der Waals surface area contributed by atoms with Gasteiger partial charge in [-0.15, -0.1) is 17.0 Å². The molecule has 3 heteroatoms. The first-order valence-corrected chi connectivity index (χ1v) is 9.90. The van der Waals surface area contributed by atoms with Gasteiger partial charge in [-0.25, -0.2) is 0 Å². The van der Waals surface area contributed by atoms with Gasteiger partial charge in [-0.1, -0.05) is 61.5 Å². The minimum absolute atomic E-state index is 0. The lowest BCUT2D eigenvalue weighted by molar-refractivity contribution is 1.10. The van der Waals surface area contributed by atoms with Crippen molar-refractivity contribution in [2.24, 2.45) is 0 Å². The number of halogens is 1. The summed E-state index contributed by atoms with van der Waals surface area (Å²) >= 11 is 0. The zero-order chi connectivity index (χ0) is 15.3. The highest BCUT2D eigenvalue weighted by molar-refractivity contribution is 8.93. The minimum Gasteiger partial charge on any atom is -0.153 e. The Morgan fingerprint density at radius 2 is 0.875 bits per heavy atom. The molecule has 0 fully saturated rings. The monoisotopic (exact) mass is 419 g/mol. The largest absolute Gasteiger partial charge is 0.153 e. The Morgan fingerprint density at radius 3 is 1.12 bits per heavy atom. The van der Waals surface area contributed by atoms with Crippen LogP contribution in [0.25, 0.3) is 0 Å². The summed E-state index contributed by atoms with van der Waals surface area (Å²) in [6, 6.07) is 33.2. The summed E-state index contributed by atoms with van der Waals surface area (Å²) in [6.07, 6.45) is 2.40. The van der Waals surface area contributed by atoms with Crippen molar-refractivity contribution in [1.29, 1.82) is 0 Å². The summed E-state index contributed by atoms with van der Waals surface area (Å²) in [7, 11) is -1.55. The van der Waals surface area contributed by atoms with E-state index >= 15 is 0 Å². The minimum atomic E-state index is -1.55. The molecule has 0 N–H and O–H groups in total. The summed E-state index contributed by atoms with van der Waals surface area (Å²) in [6.45, 7) is 2.30. The first kappa shape index (κ1) is 21.0. The van der Waals surface area contributed by atoms with Crippen LogP contribution < -0.4 is 15.9 Å². The van der Waals surface area contributed by atoms with Crippen molar-refractivity contribution in [1.82, 2.24) is 0 Å². The predicted octanol–water partition coefficient (Wildman–Crippen LogP) is 5.03. The van der Waals surface area contributed by atoms with E-state index in [0.29, 0.717) is 0 Å². The van der Waals surface area contributed by atoms with Crippen molar-refractivity contribution < 1.29 is 0 Å². The van der Waals surface area contributed by atoms with Gasteiger partial charge in [0.2, 0.25) is 0 Å². The van der Waals surface area contributed by atoms with Crippen LogP contribution >= 0.6 is 34.1 Å². The highest BCUT2D eigenvalue weighted by Crippen LogP contribution is 2.55. The molecule has 0 nitrogen and oxygen atoms in total. The van der Waals surface area contributed by atoms with Gasteiger partial charge in [0.1, 0.15) is 23.2 Å². The van der Waals surface area contributed by atoms with Crippen LogP contribution in [0.2, 0.25) is 0 Å². The van der Waals surface area contributed by atoms with Gasteiger partial charge in [0.15, 0.2) is 0 Å². The lowest BCUT2D eigenvalue weighted by Gasteiger charge is -2.27. The van der Waals surface area contributed by atoms with E-state index in [0.717, 1.165) is 0 Å². The first-order chi connectivity index (χ1) is 10.9. The van der Waals surface area contributed by atoms with Gasteiger partial charge < -0.3 is 0 Å². The topological polar surface area (TPSA) is 0 Å². The fourth-order valence-electron chi connectivity index (χ4n) is 3.22. The van der Waals surface area contributed by atoms with Gasteiger partial charge in [-0.05, 0) is 42.8 Å². The molecule has 0 spiro atoms. The molecule has 1 atom stereocenters. The van der Waals surface area contributed by atoms with Crippen LogP contribution in [0.4, 0.5) is 0 Å². The SMILES string of the molecule is Br.CCC[P+](c1ccccc1)(c1ccccc1)c1ccccc1.P. The second kappa shape index (κ2) is 10.1. The van der Waals surface area contributed by atoms with Gasteiger partial charge in [0.05, 0.1) is 6.16 Å². The zero-order valence-electron chi connectivity index (χ0n) is 14.1. The zero-order valence-corrected chi connectivity index (χ0v) is 18.2. The summed E-state index contributed by atoms with van der Waals surface area (Å²) in [5.41, 5.74) is 0. The highest BCUT2D eigenvalue weighted by Gasteiger charge is 2.43. The quantitative estimate of drug-likeness (QED) is 0.509. The van der Waals surface area contributed by atoms with Crippen molar-refractivity contribution >= 4 is 50.1 Å². The summed E-state index contributed by atoms with van der Waals surface area (Å²) in [5, 5.41) is 4.44. The standard InChI is InChI=1S/C21H22P.BrH.H3P/c1-2-18-22(19-12-6-3-7-13-19,20-14-8-4-9-15-20)21-16-10-5-11-17-21;;/h3-17H,2,18H2,1H3;1H;1H3/q+1;;. The van der Waals surface area contributed by atoms with E-state index in [4.69, 9.17) is 0 Å². The summed E-state index contributed by atoms with van der Waals surface area (Å²) in [5.74, 6) is 0. The molecule has 3 aromatic carbocycles. The molecule has 0 saturated carbocycles. The number of rotatable bonds is 5. The molecule has 0 heterocycles. The second-order valence-corrected chi connectivity index (χ2v) is 9.16.